The van der Waals surface area contributed by atoms with Crippen LogP contribution in [-0.4, -0.2) is 6.21 Å². The first-order valence-electron chi connectivity index (χ1n) is 8.24. The number of nitrogens with zero attached hydrogens (tertiary/aromatic N) is 1. The Bertz CT molecular complexity index is 953. The number of rotatable bonds is 6. The molecule has 27 heavy (non-hydrogen) atoms. The SMILES string of the molecule is Cc1ccc(NN=Cc2cccc(OCc3c(Cl)cccc3Cl)c2)cc1Cl. The van der Waals surface area contributed by atoms with E-state index >= 15 is 0 Å². The van der Waals surface area contributed by atoms with Gasteiger partial charge in [-0.15, -0.1) is 0 Å². The molecule has 0 aromatic heterocycles. The molecule has 0 bridgehead atoms. The lowest BCUT2D eigenvalue weighted by Gasteiger charge is -2.10. The molecule has 0 aliphatic rings. The van der Waals surface area contributed by atoms with Gasteiger partial charge in [-0.2, -0.15) is 5.10 Å². The van der Waals surface area contributed by atoms with Crippen molar-refractivity contribution >= 4 is 46.7 Å². The average molecular weight is 420 g/mol. The summed E-state index contributed by atoms with van der Waals surface area (Å²) in [6, 6.07) is 18.7. The fourth-order valence-corrected chi connectivity index (χ4v) is 3.04. The minimum atomic E-state index is 0.291. The normalized spacial score (nSPS) is 11.0. The highest BCUT2D eigenvalue weighted by molar-refractivity contribution is 6.36. The van der Waals surface area contributed by atoms with E-state index in [1.54, 1.807) is 24.4 Å². The van der Waals surface area contributed by atoms with Crippen LogP contribution in [-0.2, 0) is 6.61 Å². The van der Waals surface area contributed by atoms with Gasteiger partial charge in [-0.3, -0.25) is 5.43 Å². The van der Waals surface area contributed by atoms with Gasteiger partial charge in [-0.05, 0) is 54.4 Å². The third kappa shape index (κ3) is 5.39. The third-order valence-corrected chi connectivity index (χ3v) is 5.00. The van der Waals surface area contributed by atoms with E-state index < -0.39 is 0 Å². The van der Waals surface area contributed by atoms with Crippen molar-refractivity contribution in [1.82, 2.24) is 0 Å². The molecule has 0 atom stereocenters. The van der Waals surface area contributed by atoms with Gasteiger partial charge in [0.1, 0.15) is 12.4 Å². The van der Waals surface area contributed by atoms with Gasteiger partial charge in [0.2, 0.25) is 0 Å². The quantitative estimate of drug-likeness (QED) is 0.345. The fourth-order valence-electron chi connectivity index (χ4n) is 2.35. The van der Waals surface area contributed by atoms with E-state index in [1.165, 1.54) is 0 Å². The molecule has 0 unspecified atom stereocenters. The van der Waals surface area contributed by atoms with Crippen LogP contribution in [0.4, 0.5) is 5.69 Å². The molecule has 0 spiro atoms. The first kappa shape index (κ1) is 19.6. The van der Waals surface area contributed by atoms with E-state index in [2.05, 4.69) is 10.5 Å². The van der Waals surface area contributed by atoms with Crippen molar-refractivity contribution in [1.29, 1.82) is 0 Å². The van der Waals surface area contributed by atoms with Crippen LogP contribution in [0.1, 0.15) is 16.7 Å². The van der Waals surface area contributed by atoms with Crippen LogP contribution in [0.15, 0.2) is 65.8 Å². The largest absolute Gasteiger partial charge is 0.489 e. The Balaban J connectivity index is 1.64. The smallest absolute Gasteiger partial charge is 0.120 e. The Labute approximate surface area is 173 Å². The van der Waals surface area contributed by atoms with Crippen molar-refractivity contribution in [2.45, 2.75) is 13.5 Å². The predicted molar refractivity (Wildman–Crippen MR) is 115 cm³/mol. The van der Waals surface area contributed by atoms with Crippen LogP contribution in [0.3, 0.4) is 0 Å². The molecule has 1 N–H and O–H groups in total. The van der Waals surface area contributed by atoms with Crippen molar-refractivity contribution in [2.24, 2.45) is 5.10 Å². The first-order chi connectivity index (χ1) is 13.0. The highest BCUT2D eigenvalue weighted by Crippen LogP contribution is 2.26. The molecule has 0 saturated carbocycles. The summed E-state index contributed by atoms with van der Waals surface area (Å²) in [5.41, 5.74) is 6.46. The summed E-state index contributed by atoms with van der Waals surface area (Å²) in [4.78, 5) is 0. The monoisotopic (exact) mass is 418 g/mol. The van der Waals surface area contributed by atoms with Crippen molar-refractivity contribution in [3.63, 3.8) is 0 Å². The van der Waals surface area contributed by atoms with Crippen LogP contribution < -0.4 is 10.2 Å². The molecule has 3 rings (SSSR count). The number of hydrogen-bond donors (Lipinski definition) is 1. The lowest BCUT2D eigenvalue weighted by atomic mass is 10.2. The maximum Gasteiger partial charge on any atom is 0.120 e. The number of ether oxygens (including phenoxy) is 1. The van der Waals surface area contributed by atoms with Gasteiger partial charge in [0, 0.05) is 20.6 Å². The minimum Gasteiger partial charge on any atom is -0.489 e. The summed E-state index contributed by atoms with van der Waals surface area (Å²) in [5.74, 6) is 0.702. The van der Waals surface area contributed by atoms with E-state index in [0.29, 0.717) is 27.4 Å². The molecule has 0 aliphatic carbocycles. The van der Waals surface area contributed by atoms with Gasteiger partial charge in [-0.25, -0.2) is 0 Å². The standard InChI is InChI=1S/C21H17Cl3N2O/c1-14-8-9-16(11-21(14)24)26-25-12-15-4-2-5-17(10-15)27-13-18-19(22)6-3-7-20(18)23/h2-12,26H,13H2,1H3. The Kier molecular flexibility index (Phi) is 6.62. The molecule has 0 saturated heterocycles. The number of anilines is 1. The summed E-state index contributed by atoms with van der Waals surface area (Å²) in [6.45, 7) is 2.25. The lowest BCUT2D eigenvalue weighted by Crippen LogP contribution is -1.98. The topological polar surface area (TPSA) is 33.6 Å². The molecule has 6 heteroatoms. The summed E-state index contributed by atoms with van der Waals surface area (Å²) in [6.07, 6.45) is 1.71. The van der Waals surface area contributed by atoms with E-state index in [1.807, 2.05) is 49.4 Å². The van der Waals surface area contributed by atoms with Gasteiger partial charge in [-0.1, -0.05) is 59.1 Å². The zero-order chi connectivity index (χ0) is 19.2. The van der Waals surface area contributed by atoms with Gasteiger partial charge in [0.25, 0.3) is 0 Å². The molecule has 0 heterocycles. The van der Waals surface area contributed by atoms with Gasteiger partial charge < -0.3 is 4.74 Å². The lowest BCUT2D eigenvalue weighted by molar-refractivity contribution is 0.306. The van der Waals surface area contributed by atoms with Crippen LogP contribution >= 0.6 is 34.8 Å². The Morgan fingerprint density at radius 1 is 0.926 bits per heavy atom. The number of nitrogens with one attached hydrogen (secondary N) is 1. The van der Waals surface area contributed by atoms with Crippen molar-refractivity contribution < 1.29 is 4.74 Å². The number of halogens is 3. The average Bonchev–Trinajstić information content (AvgIpc) is 2.65. The molecular weight excluding hydrogens is 403 g/mol. The number of hydrogen-bond acceptors (Lipinski definition) is 3. The first-order valence-corrected chi connectivity index (χ1v) is 9.37. The third-order valence-electron chi connectivity index (χ3n) is 3.88. The zero-order valence-electron chi connectivity index (χ0n) is 14.5. The fraction of sp³-hybridized carbons (Fsp3) is 0.0952. The Morgan fingerprint density at radius 3 is 2.41 bits per heavy atom. The molecule has 0 amide bonds. The predicted octanol–water partition coefficient (Wildman–Crippen LogP) is 6.98. The second kappa shape index (κ2) is 9.14. The maximum atomic E-state index is 6.17. The second-order valence-electron chi connectivity index (χ2n) is 5.90. The molecule has 3 aromatic carbocycles. The van der Waals surface area contributed by atoms with E-state index in [-0.39, 0.29) is 0 Å². The van der Waals surface area contributed by atoms with Gasteiger partial charge in [0.05, 0.1) is 11.9 Å². The molecule has 0 radical (unpaired) electrons. The van der Waals surface area contributed by atoms with Gasteiger partial charge in [0.15, 0.2) is 0 Å². The molecule has 0 aliphatic heterocycles. The molecule has 138 valence electrons. The van der Waals surface area contributed by atoms with Crippen LogP contribution in [0, 0.1) is 6.92 Å². The summed E-state index contributed by atoms with van der Waals surface area (Å²) >= 11 is 18.5. The number of aryl methyl sites for hydroxylation is 1. The zero-order valence-corrected chi connectivity index (χ0v) is 16.8. The molecule has 3 aromatic rings. The number of benzene rings is 3. The summed E-state index contributed by atoms with van der Waals surface area (Å²) < 4.78 is 5.82. The summed E-state index contributed by atoms with van der Waals surface area (Å²) in [5, 5.41) is 6.11. The number of hydrazone groups is 1. The van der Waals surface area contributed by atoms with E-state index in [4.69, 9.17) is 39.5 Å². The van der Waals surface area contributed by atoms with E-state index in [0.717, 1.165) is 22.4 Å². The van der Waals surface area contributed by atoms with E-state index in [9.17, 15) is 0 Å². The molecule has 0 fully saturated rings. The van der Waals surface area contributed by atoms with Crippen molar-refractivity contribution in [2.75, 3.05) is 5.43 Å². The highest BCUT2D eigenvalue weighted by Gasteiger charge is 2.06. The molecule has 3 nitrogen and oxygen atoms in total. The van der Waals surface area contributed by atoms with Crippen LogP contribution in [0.5, 0.6) is 5.75 Å². The summed E-state index contributed by atoms with van der Waals surface area (Å²) in [7, 11) is 0. The minimum absolute atomic E-state index is 0.291. The Morgan fingerprint density at radius 2 is 1.67 bits per heavy atom. The van der Waals surface area contributed by atoms with Crippen molar-refractivity contribution in [3.05, 3.63) is 92.4 Å². The highest BCUT2D eigenvalue weighted by atomic mass is 35.5. The molecular formula is C21H17Cl3N2O. The van der Waals surface area contributed by atoms with Crippen LogP contribution in [0.25, 0.3) is 0 Å². The van der Waals surface area contributed by atoms with Gasteiger partial charge >= 0.3 is 0 Å². The van der Waals surface area contributed by atoms with Crippen LogP contribution in [0.2, 0.25) is 15.1 Å². The Hall–Kier alpha value is -2.20. The maximum absolute atomic E-state index is 6.17. The van der Waals surface area contributed by atoms with Crippen molar-refractivity contribution in [3.8, 4) is 5.75 Å². The second-order valence-corrected chi connectivity index (χ2v) is 7.12.